The molecule has 90 valence electrons. The molecular weight excluding hydrogens is 216 g/mol. The number of sulfonamides is 1. The van der Waals surface area contributed by atoms with Crippen LogP contribution in [0.4, 0.5) is 0 Å². The van der Waals surface area contributed by atoms with Crippen LogP contribution in [-0.2, 0) is 14.8 Å². The summed E-state index contributed by atoms with van der Waals surface area (Å²) in [7, 11) is -1.72. The Morgan fingerprint density at radius 1 is 1.60 bits per heavy atom. The molecule has 1 fully saturated rings. The summed E-state index contributed by atoms with van der Waals surface area (Å²) in [6, 6.07) is -0.0192. The Morgan fingerprint density at radius 3 is 2.80 bits per heavy atom. The summed E-state index contributed by atoms with van der Waals surface area (Å²) < 4.78 is 30.6. The molecule has 1 heterocycles. The van der Waals surface area contributed by atoms with Crippen molar-refractivity contribution in [1.82, 2.24) is 4.31 Å². The van der Waals surface area contributed by atoms with Gasteiger partial charge < -0.3 is 10.5 Å². The first-order chi connectivity index (χ1) is 7.04. The molecule has 0 bridgehead atoms. The zero-order valence-corrected chi connectivity index (χ0v) is 10.2. The largest absolute Gasteiger partial charge is 0.383 e. The SMILES string of the molecule is COCC(C)S(=O)(=O)N1CCCC1CN. The van der Waals surface area contributed by atoms with E-state index in [9.17, 15) is 8.42 Å². The Kier molecular flexibility index (Phi) is 4.51. The van der Waals surface area contributed by atoms with Crippen LogP contribution < -0.4 is 5.73 Å². The molecule has 2 atom stereocenters. The Hall–Kier alpha value is -0.170. The van der Waals surface area contributed by atoms with Gasteiger partial charge in [-0.1, -0.05) is 0 Å². The molecule has 0 saturated carbocycles. The molecule has 0 spiro atoms. The summed E-state index contributed by atoms with van der Waals surface area (Å²) in [5.74, 6) is 0. The molecule has 0 aliphatic carbocycles. The average molecular weight is 236 g/mol. The van der Waals surface area contributed by atoms with Gasteiger partial charge in [0.25, 0.3) is 0 Å². The fraction of sp³-hybridized carbons (Fsp3) is 1.00. The third-order valence-electron chi connectivity index (χ3n) is 2.83. The van der Waals surface area contributed by atoms with Gasteiger partial charge in [-0.25, -0.2) is 8.42 Å². The number of rotatable bonds is 5. The second-order valence-electron chi connectivity index (χ2n) is 3.95. The van der Waals surface area contributed by atoms with Gasteiger partial charge in [0.05, 0.1) is 11.9 Å². The first-order valence-electron chi connectivity index (χ1n) is 5.23. The molecular formula is C9H20N2O3S. The normalized spacial score (nSPS) is 25.7. The molecule has 0 amide bonds. The van der Waals surface area contributed by atoms with Crippen LogP contribution in [0.25, 0.3) is 0 Å². The van der Waals surface area contributed by atoms with Crippen LogP contribution in [0.1, 0.15) is 19.8 Å². The zero-order chi connectivity index (χ0) is 11.5. The summed E-state index contributed by atoms with van der Waals surface area (Å²) in [5.41, 5.74) is 5.56. The van der Waals surface area contributed by atoms with Gasteiger partial charge in [-0.05, 0) is 19.8 Å². The molecule has 1 aliphatic heterocycles. The summed E-state index contributed by atoms with van der Waals surface area (Å²) in [6.45, 7) is 2.90. The number of hydrogen-bond acceptors (Lipinski definition) is 4. The molecule has 1 aliphatic rings. The summed E-state index contributed by atoms with van der Waals surface area (Å²) in [5, 5.41) is -0.491. The molecule has 0 aromatic carbocycles. The highest BCUT2D eigenvalue weighted by Gasteiger charge is 2.36. The van der Waals surface area contributed by atoms with Gasteiger partial charge in [0.2, 0.25) is 10.0 Å². The van der Waals surface area contributed by atoms with Gasteiger partial charge in [-0.3, -0.25) is 0 Å². The minimum absolute atomic E-state index is 0.0192. The predicted molar refractivity (Wildman–Crippen MR) is 59.0 cm³/mol. The van der Waals surface area contributed by atoms with E-state index < -0.39 is 15.3 Å². The van der Waals surface area contributed by atoms with Gasteiger partial charge in [0.1, 0.15) is 0 Å². The second kappa shape index (κ2) is 5.25. The zero-order valence-electron chi connectivity index (χ0n) is 9.35. The van der Waals surface area contributed by atoms with E-state index in [0.717, 1.165) is 12.8 Å². The molecule has 2 unspecified atom stereocenters. The quantitative estimate of drug-likeness (QED) is 0.716. The maximum absolute atomic E-state index is 12.1. The van der Waals surface area contributed by atoms with Crippen molar-refractivity contribution in [3.05, 3.63) is 0 Å². The van der Waals surface area contributed by atoms with Crippen LogP contribution >= 0.6 is 0 Å². The highest BCUT2D eigenvalue weighted by molar-refractivity contribution is 7.89. The molecule has 0 aromatic rings. The van der Waals surface area contributed by atoms with E-state index in [1.165, 1.54) is 11.4 Å². The van der Waals surface area contributed by atoms with Crippen molar-refractivity contribution in [2.75, 3.05) is 26.8 Å². The predicted octanol–water partition coefficient (Wildman–Crippen LogP) is -0.226. The van der Waals surface area contributed by atoms with E-state index in [1.54, 1.807) is 6.92 Å². The number of hydrogen-bond donors (Lipinski definition) is 1. The number of nitrogens with two attached hydrogens (primary N) is 1. The lowest BCUT2D eigenvalue weighted by molar-refractivity contribution is 0.197. The standard InChI is InChI=1S/C9H20N2O3S/c1-8(7-14-2)15(12,13)11-5-3-4-9(11)6-10/h8-9H,3-7,10H2,1-2H3. The summed E-state index contributed by atoms with van der Waals surface area (Å²) in [4.78, 5) is 0. The summed E-state index contributed by atoms with van der Waals surface area (Å²) in [6.07, 6.45) is 1.77. The third-order valence-corrected chi connectivity index (χ3v) is 5.12. The first-order valence-corrected chi connectivity index (χ1v) is 6.74. The minimum atomic E-state index is -3.23. The molecule has 1 rings (SSSR count). The fourth-order valence-corrected chi connectivity index (χ4v) is 3.69. The molecule has 2 N–H and O–H groups in total. The Bertz CT molecular complexity index is 292. The van der Waals surface area contributed by atoms with Crippen LogP contribution in [-0.4, -0.2) is 50.8 Å². The van der Waals surface area contributed by atoms with E-state index in [-0.39, 0.29) is 12.6 Å². The van der Waals surface area contributed by atoms with Crippen molar-refractivity contribution < 1.29 is 13.2 Å². The third kappa shape index (κ3) is 2.69. The van der Waals surface area contributed by atoms with E-state index >= 15 is 0 Å². The van der Waals surface area contributed by atoms with Crippen molar-refractivity contribution >= 4 is 10.0 Å². The highest BCUT2D eigenvalue weighted by atomic mass is 32.2. The molecule has 6 heteroatoms. The second-order valence-corrected chi connectivity index (χ2v) is 6.26. The Morgan fingerprint density at radius 2 is 2.27 bits per heavy atom. The Labute approximate surface area is 91.6 Å². The van der Waals surface area contributed by atoms with Crippen LogP contribution in [0.3, 0.4) is 0 Å². The molecule has 0 radical (unpaired) electrons. The van der Waals surface area contributed by atoms with Crippen LogP contribution in [0.5, 0.6) is 0 Å². The van der Waals surface area contributed by atoms with E-state index in [2.05, 4.69) is 0 Å². The lowest BCUT2D eigenvalue weighted by Gasteiger charge is -2.26. The van der Waals surface area contributed by atoms with E-state index in [1.807, 2.05) is 0 Å². The maximum Gasteiger partial charge on any atom is 0.219 e. The molecule has 15 heavy (non-hydrogen) atoms. The first kappa shape index (κ1) is 12.9. The lowest BCUT2D eigenvalue weighted by atomic mass is 10.2. The van der Waals surface area contributed by atoms with Gasteiger partial charge in [0.15, 0.2) is 0 Å². The van der Waals surface area contributed by atoms with Crippen molar-refractivity contribution in [1.29, 1.82) is 0 Å². The number of nitrogens with zero attached hydrogens (tertiary/aromatic N) is 1. The van der Waals surface area contributed by atoms with Crippen molar-refractivity contribution in [3.8, 4) is 0 Å². The highest BCUT2D eigenvalue weighted by Crippen LogP contribution is 2.22. The topological polar surface area (TPSA) is 72.6 Å². The van der Waals surface area contributed by atoms with Crippen LogP contribution in [0, 0.1) is 0 Å². The average Bonchev–Trinajstić information content (AvgIpc) is 2.66. The molecule has 0 aromatic heterocycles. The van der Waals surface area contributed by atoms with Crippen molar-refractivity contribution in [2.45, 2.75) is 31.1 Å². The molecule has 1 saturated heterocycles. The lowest BCUT2D eigenvalue weighted by Crippen LogP contribution is -2.44. The fourth-order valence-electron chi connectivity index (χ4n) is 1.93. The summed E-state index contributed by atoms with van der Waals surface area (Å²) >= 11 is 0. The van der Waals surface area contributed by atoms with Crippen molar-refractivity contribution in [2.24, 2.45) is 5.73 Å². The van der Waals surface area contributed by atoms with Crippen molar-refractivity contribution in [3.63, 3.8) is 0 Å². The Balaban J connectivity index is 2.76. The van der Waals surface area contributed by atoms with E-state index in [4.69, 9.17) is 10.5 Å². The smallest absolute Gasteiger partial charge is 0.219 e. The number of ether oxygens (including phenoxy) is 1. The van der Waals surface area contributed by atoms with Gasteiger partial charge >= 0.3 is 0 Å². The minimum Gasteiger partial charge on any atom is -0.383 e. The number of methoxy groups -OCH3 is 1. The van der Waals surface area contributed by atoms with E-state index in [0.29, 0.717) is 13.1 Å². The van der Waals surface area contributed by atoms with Gasteiger partial charge in [-0.2, -0.15) is 4.31 Å². The monoisotopic (exact) mass is 236 g/mol. The van der Waals surface area contributed by atoms with Gasteiger partial charge in [0, 0.05) is 26.2 Å². The maximum atomic E-state index is 12.1. The molecule has 5 nitrogen and oxygen atoms in total. The van der Waals surface area contributed by atoms with Gasteiger partial charge in [-0.15, -0.1) is 0 Å². The van der Waals surface area contributed by atoms with Crippen LogP contribution in [0.2, 0.25) is 0 Å². The van der Waals surface area contributed by atoms with Crippen LogP contribution in [0.15, 0.2) is 0 Å².